The summed E-state index contributed by atoms with van der Waals surface area (Å²) in [6.45, 7) is 8.53. The number of hydrogen-bond acceptors (Lipinski definition) is 3. The molecule has 0 aromatic heterocycles. The van der Waals surface area contributed by atoms with E-state index in [1.54, 1.807) is 7.11 Å². The van der Waals surface area contributed by atoms with E-state index >= 15 is 0 Å². The molecule has 1 heterocycles. The van der Waals surface area contributed by atoms with Crippen LogP contribution in [-0.2, 0) is 14.3 Å². The van der Waals surface area contributed by atoms with Gasteiger partial charge in [-0.3, -0.25) is 4.79 Å². The maximum atomic E-state index is 11.7. The van der Waals surface area contributed by atoms with E-state index in [9.17, 15) is 4.79 Å². The van der Waals surface area contributed by atoms with Gasteiger partial charge in [0.25, 0.3) is 0 Å². The second-order valence-electron chi connectivity index (χ2n) is 5.74. The Morgan fingerprint density at radius 2 is 2.11 bits per heavy atom. The molecule has 1 atom stereocenters. The molecule has 1 rings (SSSR count). The summed E-state index contributed by atoms with van der Waals surface area (Å²) in [5.41, 5.74) is 1.88. The van der Waals surface area contributed by atoms with Gasteiger partial charge in [0.2, 0.25) is 0 Å². The Kier molecular flexibility index (Phi) is 5.95. The number of methoxy groups -OCH3 is 1. The molecule has 0 spiro atoms. The number of Topliss-reactive ketones (excluding diaryl/α,β-unsaturated/α-hetero) is 1. The van der Waals surface area contributed by atoms with Crippen LogP contribution in [0.2, 0.25) is 0 Å². The lowest BCUT2D eigenvalue weighted by atomic mass is 10.0. The van der Waals surface area contributed by atoms with Crippen LogP contribution < -0.4 is 0 Å². The smallest absolute Gasteiger partial charge is 0.167 e. The van der Waals surface area contributed by atoms with Crippen molar-refractivity contribution in [2.75, 3.05) is 13.7 Å². The van der Waals surface area contributed by atoms with Crippen LogP contribution in [0.5, 0.6) is 0 Å². The third-order valence-electron chi connectivity index (χ3n) is 3.59. The number of allylic oxidation sites excluding steroid dienone is 2. The molecule has 1 fully saturated rings. The summed E-state index contributed by atoms with van der Waals surface area (Å²) < 4.78 is 10.8. The second kappa shape index (κ2) is 7.01. The van der Waals surface area contributed by atoms with Gasteiger partial charge in [-0.25, -0.2) is 0 Å². The van der Waals surface area contributed by atoms with Crippen molar-refractivity contribution in [3.05, 3.63) is 23.3 Å². The Morgan fingerprint density at radius 1 is 1.42 bits per heavy atom. The zero-order valence-corrected chi connectivity index (χ0v) is 12.8. The number of rotatable bonds is 6. The van der Waals surface area contributed by atoms with Gasteiger partial charge in [-0.05, 0) is 46.1 Å². The van der Waals surface area contributed by atoms with Crippen LogP contribution in [0.25, 0.3) is 0 Å². The molecule has 3 heteroatoms. The lowest BCUT2D eigenvalue weighted by Gasteiger charge is -2.18. The quantitative estimate of drug-likeness (QED) is 0.691. The molecule has 1 unspecified atom stereocenters. The highest BCUT2D eigenvalue weighted by molar-refractivity contribution is 5.89. The van der Waals surface area contributed by atoms with E-state index in [1.807, 2.05) is 20.8 Å². The van der Waals surface area contributed by atoms with Crippen molar-refractivity contribution < 1.29 is 14.3 Å². The fourth-order valence-electron chi connectivity index (χ4n) is 2.12. The fraction of sp³-hybridized carbons (Fsp3) is 0.688. The highest BCUT2D eigenvalue weighted by Crippen LogP contribution is 2.30. The molecule has 0 amide bonds. The molecule has 0 saturated carbocycles. The monoisotopic (exact) mass is 266 g/mol. The van der Waals surface area contributed by atoms with Crippen LogP contribution in [0, 0.1) is 0 Å². The Morgan fingerprint density at radius 3 is 2.63 bits per heavy atom. The van der Waals surface area contributed by atoms with Crippen molar-refractivity contribution in [3.8, 4) is 0 Å². The normalized spacial score (nSPS) is 24.1. The van der Waals surface area contributed by atoms with Gasteiger partial charge in [-0.2, -0.15) is 0 Å². The van der Waals surface area contributed by atoms with E-state index in [-0.39, 0.29) is 11.9 Å². The first kappa shape index (κ1) is 16.1. The standard InChI is InChI=1S/C16H26O3/c1-12(9-10-18-5)7-6-8-13(2)14-11-15(17)16(3,4)19-14/h8-9,14H,6-7,10-11H2,1-5H3/b12-9+,13-8+. The second-order valence-corrected chi connectivity index (χ2v) is 5.74. The minimum atomic E-state index is -0.617. The molecule has 0 radical (unpaired) electrons. The third-order valence-corrected chi connectivity index (χ3v) is 3.59. The van der Waals surface area contributed by atoms with E-state index in [2.05, 4.69) is 19.1 Å². The molecule has 1 aliphatic rings. The Labute approximate surface area is 116 Å². The molecule has 1 saturated heterocycles. The Balaban J connectivity index is 2.44. The first-order chi connectivity index (χ1) is 8.86. The summed E-state index contributed by atoms with van der Waals surface area (Å²) in [4.78, 5) is 11.7. The third kappa shape index (κ3) is 4.92. The fourth-order valence-corrected chi connectivity index (χ4v) is 2.12. The minimum Gasteiger partial charge on any atom is -0.381 e. The van der Waals surface area contributed by atoms with E-state index in [1.165, 1.54) is 11.1 Å². The summed E-state index contributed by atoms with van der Waals surface area (Å²) in [7, 11) is 1.70. The van der Waals surface area contributed by atoms with Crippen molar-refractivity contribution in [2.45, 2.75) is 58.7 Å². The first-order valence-corrected chi connectivity index (χ1v) is 6.89. The van der Waals surface area contributed by atoms with Crippen LogP contribution in [0.3, 0.4) is 0 Å². The largest absolute Gasteiger partial charge is 0.381 e. The Hall–Kier alpha value is -0.930. The van der Waals surface area contributed by atoms with Crippen LogP contribution in [0.4, 0.5) is 0 Å². The number of carbonyl (C=O) groups is 1. The SMILES string of the molecule is COC/C=C(\C)CC/C=C(\C)C1CC(=O)C(C)(C)O1. The summed E-state index contributed by atoms with van der Waals surface area (Å²) in [5.74, 6) is 0.196. The van der Waals surface area contributed by atoms with Crippen LogP contribution >= 0.6 is 0 Å². The lowest BCUT2D eigenvalue weighted by molar-refractivity contribution is -0.129. The highest BCUT2D eigenvalue weighted by atomic mass is 16.5. The molecule has 0 bridgehead atoms. The average Bonchev–Trinajstić information content (AvgIpc) is 2.61. The molecular formula is C16H26O3. The van der Waals surface area contributed by atoms with Crippen molar-refractivity contribution in [2.24, 2.45) is 0 Å². The van der Waals surface area contributed by atoms with E-state index < -0.39 is 5.60 Å². The molecule has 0 aliphatic carbocycles. The molecule has 108 valence electrons. The summed E-state index contributed by atoms with van der Waals surface area (Å²) in [6, 6.07) is 0. The van der Waals surface area contributed by atoms with Gasteiger partial charge in [0, 0.05) is 13.5 Å². The molecular weight excluding hydrogens is 240 g/mol. The number of hydrogen-bond donors (Lipinski definition) is 0. The number of ether oxygens (including phenoxy) is 2. The van der Waals surface area contributed by atoms with Crippen molar-refractivity contribution >= 4 is 5.78 Å². The van der Waals surface area contributed by atoms with Gasteiger partial charge in [-0.1, -0.05) is 17.7 Å². The molecule has 0 N–H and O–H groups in total. The van der Waals surface area contributed by atoms with E-state index in [0.29, 0.717) is 13.0 Å². The van der Waals surface area contributed by atoms with Gasteiger partial charge < -0.3 is 9.47 Å². The van der Waals surface area contributed by atoms with Crippen LogP contribution in [0.1, 0.15) is 47.0 Å². The number of carbonyl (C=O) groups excluding carboxylic acids is 1. The predicted molar refractivity (Wildman–Crippen MR) is 77.2 cm³/mol. The number of ketones is 1. The Bertz CT molecular complexity index is 377. The van der Waals surface area contributed by atoms with Gasteiger partial charge in [-0.15, -0.1) is 0 Å². The van der Waals surface area contributed by atoms with E-state index in [0.717, 1.165) is 12.8 Å². The van der Waals surface area contributed by atoms with E-state index in [4.69, 9.17) is 9.47 Å². The van der Waals surface area contributed by atoms with Crippen molar-refractivity contribution in [3.63, 3.8) is 0 Å². The average molecular weight is 266 g/mol. The first-order valence-electron chi connectivity index (χ1n) is 6.89. The predicted octanol–water partition coefficient (Wildman–Crippen LogP) is 3.44. The van der Waals surface area contributed by atoms with Crippen molar-refractivity contribution in [1.29, 1.82) is 0 Å². The highest BCUT2D eigenvalue weighted by Gasteiger charge is 2.40. The maximum absolute atomic E-state index is 11.7. The molecule has 19 heavy (non-hydrogen) atoms. The topological polar surface area (TPSA) is 35.5 Å². The molecule has 0 aromatic rings. The lowest BCUT2D eigenvalue weighted by Crippen LogP contribution is -2.27. The van der Waals surface area contributed by atoms with Gasteiger partial charge in [0.1, 0.15) is 5.60 Å². The zero-order chi connectivity index (χ0) is 14.5. The molecule has 1 aliphatic heterocycles. The summed E-state index contributed by atoms with van der Waals surface area (Å²) >= 11 is 0. The minimum absolute atomic E-state index is 0.0363. The van der Waals surface area contributed by atoms with Gasteiger partial charge in [0.15, 0.2) is 5.78 Å². The zero-order valence-electron chi connectivity index (χ0n) is 12.8. The molecule has 0 aromatic carbocycles. The summed E-state index contributed by atoms with van der Waals surface area (Å²) in [5, 5.41) is 0. The van der Waals surface area contributed by atoms with Gasteiger partial charge in [0.05, 0.1) is 12.7 Å². The van der Waals surface area contributed by atoms with Crippen LogP contribution in [0.15, 0.2) is 23.3 Å². The summed E-state index contributed by atoms with van der Waals surface area (Å²) in [6.07, 6.45) is 6.75. The van der Waals surface area contributed by atoms with Gasteiger partial charge >= 0.3 is 0 Å². The molecule has 3 nitrogen and oxygen atoms in total. The maximum Gasteiger partial charge on any atom is 0.167 e. The van der Waals surface area contributed by atoms with Crippen LogP contribution in [-0.4, -0.2) is 31.2 Å². The van der Waals surface area contributed by atoms with Crippen molar-refractivity contribution in [1.82, 2.24) is 0 Å².